The van der Waals surface area contributed by atoms with Gasteiger partial charge in [-0.25, -0.2) is 14.7 Å². The zero-order chi connectivity index (χ0) is 17.3. The zero-order valence-electron chi connectivity index (χ0n) is 12.2. The van der Waals surface area contributed by atoms with Crippen LogP contribution in [0.1, 0.15) is 16.8 Å². The molecule has 2 aromatic rings. The third-order valence-electron chi connectivity index (χ3n) is 3.45. The number of rotatable bonds is 4. The van der Waals surface area contributed by atoms with E-state index < -0.39 is 11.2 Å². The fraction of sp³-hybridized carbons (Fsp3) is 0.125. The minimum Gasteiger partial charge on any atom is -0.478 e. The van der Waals surface area contributed by atoms with Gasteiger partial charge in [0.25, 0.3) is 0 Å². The molecule has 0 saturated carbocycles. The highest BCUT2D eigenvalue weighted by Gasteiger charge is 2.40. The van der Waals surface area contributed by atoms with Crippen molar-refractivity contribution < 1.29 is 19.5 Å². The molecule has 1 aliphatic rings. The molecule has 1 N–H and O–H groups in total. The lowest BCUT2D eigenvalue weighted by Crippen LogP contribution is -2.31. The summed E-state index contributed by atoms with van der Waals surface area (Å²) in [5.74, 6) is -1.80. The van der Waals surface area contributed by atoms with Gasteiger partial charge in [-0.2, -0.15) is 0 Å². The number of benzene rings is 1. The van der Waals surface area contributed by atoms with Gasteiger partial charge in [-0.05, 0) is 36.4 Å². The lowest BCUT2D eigenvalue weighted by atomic mass is 10.3. The van der Waals surface area contributed by atoms with Crippen molar-refractivity contribution in [2.75, 3.05) is 4.90 Å². The van der Waals surface area contributed by atoms with E-state index in [0.29, 0.717) is 5.69 Å². The van der Waals surface area contributed by atoms with E-state index in [9.17, 15) is 19.5 Å². The Morgan fingerprint density at radius 3 is 2.62 bits per heavy atom. The van der Waals surface area contributed by atoms with Gasteiger partial charge in [-0.3, -0.25) is 9.59 Å². The lowest BCUT2D eigenvalue weighted by Gasteiger charge is -2.15. The van der Waals surface area contributed by atoms with Gasteiger partial charge in [-0.1, -0.05) is 27.7 Å². The highest BCUT2D eigenvalue weighted by molar-refractivity contribution is 9.10. The Morgan fingerprint density at radius 2 is 1.96 bits per heavy atom. The standard InChI is InChI=1S/C16H11BrN2O4S/c17-9-3-5-10(6-4-9)19-13(20)8-12(15(19)21)24-14-11(16(22)23)2-1-7-18-14/h1-7,12H,8H2,(H,22,23)/t12-/m0/s1. The summed E-state index contributed by atoms with van der Waals surface area (Å²) in [6.07, 6.45) is 1.47. The predicted molar refractivity (Wildman–Crippen MR) is 92.1 cm³/mol. The van der Waals surface area contributed by atoms with Crippen LogP contribution in [-0.4, -0.2) is 33.1 Å². The molecular formula is C16H11BrN2O4S. The Bertz CT molecular complexity index is 825. The van der Waals surface area contributed by atoms with Crippen molar-refractivity contribution in [1.82, 2.24) is 4.98 Å². The molecule has 0 aliphatic carbocycles. The molecule has 1 aliphatic heterocycles. The maximum Gasteiger partial charge on any atom is 0.338 e. The van der Waals surface area contributed by atoms with Crippen molar-refractivity contribution >= 4 is 51.2 Å². The normalized spacial score (nSPS) is 17.4. The molecule has 0 bridgehead atoms. The summed E-state index contributed by atoms with van der Waals surface area (Å²) >= 11 is 4.31. The van der Waals surface area contributed by atoms with E-state index in [2.05, 4.69) is 20.9 Å². The van der Waals surface area contributed by atoms with E-state index in [-0.39, 0.29) is 28.8 Å². The van der Waals surface area contributed by atoms with Crippen molar-refractivity contribution in [2.24, 2.45) is 0 Å². The van der Waals surface area contributed by atoms with E-state index in [0.717, 1.165) is 21.1 Å². The number of pyridine rings is 1. The number of amides is 2. The molecule has 1 fully saturated rings. The molecule has 1 atom stereocenters. The molecular weight excluding hydrogens is 396 g/mol. The maximum atomic E-state index is 12.6. The summed E-state index contributed by atoms with van der Waals surface area (Å²) in [6.45, 7) is 0. The van der Waals surface area contributed by atoms with Gasteiger partial charge in [0.15, 0.2) is 0 Å². The van der Waals surface area contributed by atoms with Crippen LogP contribution in [0.3, 0.4) is 0 Å². The maximum absolute atomic E-state index is 12.6. The van der Waals surface area contributed by atoms with E-state index in [1.165, 1.54) is 18.3 Å². The SMILES string of the molecule is O=C(O)c1cccnc1S[C@H]1CC(=O)N(c2ccc(Br)cc2)C1=O. The molecule has 0 unspecified atom stereocenters. The van der Waals surface area contributed by atoms with Crippen LogP contribution in [0.5, 0.6) is 0 Å². The second-order valence-corrected chi connectivity index (χ2v) is 7.12. The summed E-state index contributed by atoms with van der Waals surface area (Å²) in [6, 6.07) is 9.79. The van der Waals surface area contributed by atoms with Crippen LogP contribution in [0.4, 0.5) is 5.69 Å². The number of aromatic nitrogens is 1. The highest BCUT2D eigenvalue weighted by atomic mass is 79.9. The average Bonchev–Trinajstić information content (AvgIpc) is 2.83. The Balaban J connectivity index is 1.85. The van der Waals surface area contributed by atoms with Crippen molar-refractivity contribution in [1.29, 1.82) is 0 Å². The third kappa shape index (κ3) is 3.20. The first-order valence-corrected chi connectivity index (χ1v) is 8.62. The number of halogens is 1. The molecule has 2 amide bonds. The summed E-state index contributed by atoms with van der Waals surface area (Å²) in [5, 5.41) is 8.74. The van der Waals surface area contributed by atoms with Crippen LogP contribution in [0.25, 0.3) is 0 Å². The topological polar surface area (TPSA) is 87.6 Å². The number of carboxylic acids is 1. The zero-order valence-corrected chi connectivity index (χ0v) is 14.6. The van der Waals surface area contributed by atoms with Crippen LogP contribution in [0, 0.1) is 0 Å². The molecule has 1 aromatic heterocycles. The number of thioether (sulfide) groups is 1. The molecule has 122 valence electrons. The van der Waals surface area contributed by atoms with Gasteiger partial charge >= 0.3 is 5.97 Å². The Morgan fingerprint density at radius 1 is 1.25 bits per heavy atom. The Labute approximate surface area is 150 Å². The lowest BCUT2D eigenvalue weighted by molar-refractivity contribution is -0.121. The molecule has 6 nitrogen and oxygen atoms in total. The molecule has 0 radical (unpaired) electrons. The fourth-order valence-electron chi connectivity index (χ4n) is 2.34. The number of hydrogen-bond acceptors (Lipinski definition) is 5. The van der Waals surface area contributed by atoms with E-state index in [1.54, 1.807) is 24.3 Å². The second kappa shape index (κ2) is 6.74. The first kappa shape index (κ1) is 16.7. The Kier molecular flexibility index (Phi) is 4.68. The monoisotopic (exact) mass is 406 g/mol. The number of aromatic carboxylic acids is 1. The Hall–Kier alpha value is -2.19. The number of carboxylic acid groups (broad SMARTS) is 1. The summed E-state index contributed by atoms with van der Waals surface area (Å²) in [7, 11) is 0. The molecule has 1 saturated heterocycles. The molecule has 0 spiro atoms. The van der Waals surface area contributed by atoms with E-state index >= 15 is 0 Å². The molecule has 8 heteroatoms. The van der Waals surface area contributed by atoms with Gasteiger partial charge in [0.2, 0.25) is 11.8 Å². The number of nitrogens with zero attached hydrogens (tertiary/aromatic N) is 2. The highest BCUT2D eigenvalue weighted by Crippen LogP contribution is 2.34. The van der Waals surface area contributed by atoms with Gasteiger partial charge in [0.1, 0.15) is 5.03 Å². The first-order chi connectivity index (χ1) is 11.5. The first-order valence-electron chi connectivity index (χ1n) is 6.94. The molecule has 3 rings (SSSR count). The van der Waals surface area contributed by atoms with Gasteiger partial charge < -0.3 is 5.11 Å². The fourth-order valence-corrected chi connectivity index (χ4v) is 3.71. The van der Waals surface area contributed by atoms with Gasteiger partial charge in [0, 0.05) is 17.1 Å². The summed E-state index contributed by atoms with van der Waals surface area (Å²) < 4.78 is 0.843. The number of carbonyl (C=O) groups excluding carboxylic acids is 2. The number of carbonyl (C=O) groups is 3. The van der Waals surface area contributed by atoms with Crippen molar-refractivity contribution in [3.05, 3.63) is 52.6 Å². The average molecular weight is 407 g/mol. The molecule has 24 heavy (non-hydrogen) atoms. The van der Waals surface area contributed by atoms with Crippen LogP contribution in [-0.2, 0) is 9.59 Å². The van der Waals surface area contributed by atoms with Crippen molar-refractivity contribution in [3.8, 4) is 0 Å². The molecule has 2 heterocycles. The second-order valence-electron chi connectivity index (χ2n) is 5.02. The van der Waals surface area contributed by atoms with E-state index in [1.807, 2.05) is 0 Å². The predicted octanol–water partition coefficient (Wildman–Crippen LogP) is 2.97. The van der Waals surface area contributed by atoms with Crippen LogP contribution < -0.4 is 4.90 Å². The number of imide groups is 1. The quantitative estimate of drug-likeness (QED) is 0.785. The van der Waals surface area contributed by atoms with Crippen LogP contribution in [0.15, 0.2) is 52.1 Å². The van der Waals surface area contributed by atoms with Crippen molar-refractivity contribution in [3.63, 3.8) is 0 Å². The van der Waals surface area contributed by atoms with Gasteiger partial charge in [0.05, 0.1) is 16.5 Å². The third-order valence-corrected chi connectivity index (χ3v) is 5.18. The van der Waals surface area contributed by atoms with E-state index in [4.69, 9.17) is 0 Å². The number of anilines is 1. The van der Waals surface area contributed by atoms with Gasteiger partial charge in [-0.15, -0.1) is 0 Å². The molecule has 1 aromatic carbocycles. The minimum absolute atomic E-state index is 0.00912. The minimum atomic E-state index is -1.12. The largest absolute Gasteiger partial charge is 0.478 e. The van der Waals surface area contributed by atoms with Crippen molar-refractivity contribution in [2.45, 2.75) is 16.7 Å². The van der Waals surface area contributed by atoms with Crippen LogP contribution in [0.2, 0.25) is 0 Å². The summed E-state index contributed by atoms with van der Waals surface area (Å²) in [4.78, 5) is 41.2. The smallest absolute Gasteiger partial charge is 0.338 e. The van der Waals surface area contributed by atoms with Crippen LogP contribution >= 0.6 is 27.7 Å². The summed E-state index contributed by atoms with van der Waals surface area (Å²) in [5.41, 5.74) is 0.514. The number of hydrogen-bond donors (Lipinski definition) is 1.